The highest BCUT2D eigenvalue weighted by Crippen LogP contribution is 2.19. The molecule has 0 unspecified atom stereocenters. The largest absolute Gasteiger partial charge is 0.285 e. The molecule has 0 aliphatic carbocycles. The van der Waals surface area contributed by atoms with Crippen LogP contribution in [0.3, 0.4) is 0 Å². The molecule has 2 N–H and O–H groups in total. The predicted molar refractivity (Wildman–Crippen MR) is 61.9 cm³/mol. The van der Waals surface area contributed by atoms with Crippen LogP contribution in [0, 0.1) is 0 Å². The number of H-pyrrole nitrogens is 1. The smallest absolute Gasteiger partial charge is 0.243 e. The van der Waals surface area contributed by atoms with Crippen LogP contribution in [0.4, 0.5) is 0 Å². The first-order chi connectivity index (χ1) is 8.09. The summed E-state index contributed by atoms with van der Waals surface area (Å²) >= 11 is 5.79. The Morgan fingerprint density at radius 1 is 1.41 bits per heavy atom. The van der Waals surface area contributed by atoms with Gasteiger partial charge < -0.3 is 0 Å². The number of hydrogen-bond acceptors (Lipinski definition) is 4. The van der Waals surface area contributed by atoms with Crippen molar-refractivity contribution in [3.05, 3.63) is 41.4 Å². The first-order valence-corrected chi connectivity index (χ1v) is 6.52. The summed E-state index contributed by atoms with van der Waals surface area (Å²) in [5.74, 6) is 0. The van der Waals surface area contributed by atoms with E-state index >= 15 is 0 Å². The predicted octanol–water partition coefficient (Wildman–Crippen LogP) is 0.937. The molecule has 0 aromatic carbocycles. The molecule has 0 saturated carbocycles. The van der Waals surface area contributed by atoms with Crippen molar-refractivity contribution in [3.8, 4) is 0 Å². The molecule has 0 amide bonds. The van der Waals surface area contributed by atoms with Gasteiger partial charge in [-0.05, 0) is 6.07 Å². The molecule has 0 aliphatic rings. The maximum absolute atomic E-state index is 11.9. The van der Waals surface area contributed by atoms with Gasteiger partial charge in [-0.1, -0.05) is 11.6 Å². The Hall–Kier alpha value is -1.44. The van der Waals surface area contributed by atoms with Crippen LogP contribution in [-0.2, 0) is 16.6 Å². The van der Waals surface area contributed by atoms with Gasteiger partial charge in [-0.3, -0.25) is 10.1 Å². The molecule has 0 spiro atoms. The first kappa shape index (κ1) is 12.0. The summed E-state index contributed by atoms with van der Waals surface area (Å²) in [4.78, 5) is 3.70. The first-order valence-electron chi connectivity index (χ1n) is 4.66. The highest BCUT2D eigenvalue weighted by atomic mass is 35.5. The summed E-state index contributed by atoms with van der Waals surface area (Å²) in [6.07, 6.45) is 5.78. The Morgan fingerprint density at radius 2 is 2.24 bits per heavy atom. The van der Waals surface area contributed by atoms with E-state index in [1.807, 2.05) is 0 Å². The van der Waals surface area contributed by atoms with Crippen LogP contribution in [0.5, 0.6) is 0 Å². The van der Waals surface area contributed by atoms with Gasteiger partial charge in [-0.2, -0.15) is 5.10 Å². The molecule has 2 rings (SSSR count). The lowest BCUT2D eigenvalue weighted by Crippen LogP contribution is -2.23. The highest BCUT2D eigenvalue weighted by Gasteiger charge is 2.17. The Labute approximate surface area is 103 Å². The number of hydrogen-bond donors (Lipinski definition) is 2. The number of nitrogens with zero attached hydrogens (tertiary/aromatic N) is 2. The SMILES string of the molecule is O=S(=O)(NCc1cn[nH]c1)c1cnccc1Cl. The van der Waals surface area contributed by atoms with Crippen molar-refractivity contribution >= 4 is 21.6 Å². The van der Waals surface area contributed by atoms with Gasteiger partial charge in [0.05, 0.1) is 11.2 Å². The van der Waals surface area contributed by atoms with Crippen LogP contribution in [-0.4, -0.2) is 23.6 Å². The fourth-order valence-corrected chi connectivity index (χ4v) is 2.64. The molecule has 0 atom stereocenters. The summed E-state index contributed by atoms with van der Waals surface area (Å²) < 4.78 is 26.2. The molecule has 90 valence electrons. The molecular formula is C9H9ClN4O2S. The quantitative estimate of drug-likeness (QED) is 0.867. The monoisotopic (exact) mass is 272 g/mol. The van der Waals surface area contributed by atoms with Crippen molar-refractivity contribution in [2.45, 2.75) is 11.4 Å². The molecular weight excluding hydrogens is 264 g/mol. The number of pyridine rings is 1. The average Bonchev–Trinajstić information content (AvgIpc) is 2.80. The zero-order chi connectivity index (χ0) is 12.3. The molecule has 2 aromatic heterocycles. The zero-order valence-electron chi connectivity index (χ0n) is 8.59. The van der Waals surface area contributed by atoms with Crippen molar-refractivity contribution in [2.24, 2.45) is 0 Å². The fourth-order valence-electron chi connectivity index (χ4n) is 1.19. The average molecular weight is 273 g/mol. The molecule has 6 nitrogen and oxygen atoms in total. The topological polar surface area (TPSA) is 87.7 Å². The van der Waals surface area contributed by atoms with E-state index in [2.05, 4.69) is 19.9 Å². The summed E-state index contributed by atoms with van der Waals surface area (Å²) in [5.41, 5.74) is 0.730. The van der Waals surface area contributed by atoms with Gasteiger partial charge in [0.25, 0.3) is 0 Å². The van der Waals surface area contributed by atoms with Gasteiger partial charge >= 0.3 is 0 Å². The molecule has 17 heavy (non-hydrogen) atoms. The van der Waals surface area contributed by atoms with Crippen molar-refractivity contribution in [3.63, 3.8) is 0 Å². The Morgan fingerprint density at radius 3 is 2.88 bits per heavy atom. The van der Waals surface area contributed by atoms with Gasteiger partial charge in [-0.15, -0.1) is 0 Å². The van der Waals surface area contributed by atoms with E-state index in [-0.39, 0.29) is 16.5 Å². The number of halogens is 1. The summed E-state index contributed by atoms with van der Waals surface area (Å²) in [5, 5.41) is 6.45. The van der Waals surface area contributed by atoms with Crippen molar-refractivity contribution in [2.75, 3.05) is 0 Å². The molecule has 0 bridgehead atoms. The van der Waals surface area contributed by atoms with E-state index in [0.717, 1.165) is 5.56 Å². The van der Waals surface area contributed by atoms with Crippen LogP contribution in [0.25, 0.3) is 0 Å². The van der Waals surface area contributed by atoms with E-state index in [4.69, 9.17) is 11.6 Å². The lowest BCUT2D eigenvalue weighted by atomic mass is 10.4. The number of rotatable bonds is 4. The number of aromatic amines is 1. The Kier molecular flexibility index (Phi) is 3.41. The van der Waals surface area contributed by atoms with Crippen molar-refractivity contribution < 1.29 is 8.42 Å². The van der Waals surface area contributed by atoms with E-state index in [9.17, 15) is 8.42 Å². The summed E-state index contributed by atoms with van der Waals surface area (Å²) in [6, 6.07) is 1.42. The van der Waals surface area contributed by atoms with Gasteiger partial charge in [0.1, 0.15) is 4.90 Å². The second kappa shape index (κ2) is 4.82. The van der Waals surface area contributed by atoms with Crippen LogP contribution in [0.2, 0.25) is 5.02 Å². The van der Waals surface area contributed by atoms with Gasteiger partial charge in [0.2, 0.25) is 10.0 Å². The third kappa shape index (κ3) is 2.82. The van der Waals surface area contributed by atoms with E-state index < -0.39 is 10.0 Å². The van der Waals surface area contributed by atoms with E-state index in [1.54, 1.807) is 6.20 Å². The third-order valence-electron chi connectivity index (χ3n) is 2.04. The number of sulfonamides is 1. The highest BCUT2D eigenvalue weighted by molar-refractivity contribution is 7.89. The molecule has 0 aliphatic heterocycles. The zero-order valence-corrected chi connectivity index (χ0v) is 10.2. The maximum Gasteiger partial charge on any atom is 0.243 e. The second-order valence-corrected chi connectivity index (χ2v) is 5.38. The summed E-state index contributed by atoms with van der Waals surface area (Å²) in [7, 11) is -3.65. The molecule has 0 radical (unpaired) electrons. The van der Waals surface area contributed by atoms with Crippen molar-refractivity contribution in [1.29, 1.82) is 0 Å². The molecule has 8 heteroatoms. The van der Waals surface area contributed by atoms with E-state index in [0.29, 0.717) is 0 Å². The van der Waals surface area contributed by atoms with Crippen LogP contribution in [0.15, 0.2) is 35.7 Å². The molecule has 2 aromatic rings. The number of aromatic nitrogens is 3. The Bertz CT molecular complexity index is 597. The van der Waals surface area contributed by atoms with Gasteiger partial charge in [-0.25, -0.2) is 13.1 Å². The molecule has 0 saturated heterocycles. The fraction of sp³-hybridized carbons (Fsp3) is 0.111. The minimum atomic E-state index is -3.65. The minimum Gasteiger partial charge on any atom is -0.285 e. The second-order valence-electron chi connectivity index (χ2n) is 3.24. The van der Waals surface area contributed by atoms with Gasteiger partial charge in [0, 0.05) is 30.7 Å². The van der Waals surface area contributed by atoms with Crippen LogP contribution >= 0.6 is 11.6 Å². The molecule has 2 heterocycles. The lowest BCUT2D eigenvalue weighted by molar-refractivity contribution is 0.581. The number of nitrogens with one attached hydrogen (secondary N) is 2. The maximum atomic E-state index is 11.9. The van der Waals surface area contributed by atoms with Crippen LogP contribution < -0.4 is 4.72 Å². The van der Waals surface area contributed by atoms with E-state index in [1.165, 1.54) is 24.7 Å². The lowest BCUT2D eigenvalue weighted by Gasteiger charge is -2.06. The summed E-state index contributed by atoms with van der Waals surface area (Å²) in [6.45, 7) is 0.143. The minimum absolute atomic E-state index is 0.0369. The van der Waals surface area contributed by atoms with Gasteiger partial charge in [0.15, 0.2) is 0 Å². The third-order valence-corrected chi connectivity index (χ3v) is 3.92. The normalized spacial score (nSPS) is 11.6. The standard InChI is InChI=1S/C9H9ClN4O2S/c10-8-1-2-11-6-9(8)17(15,16)14-5-7-3-12-13-4-7/h1-4,6,14H,5H2,(H,12,13). The van der Waals surface area contributed by atoms with Crippen LogP contribution in [0.1, 0.15) is 5.56 Å². The molecule has 0 fully saturated rings. The Balaban J connectivity index is 2.17. The van der Waals surface area contributed by atoms with Crippen molar-refractivity contribution in [1.82, 2.24) is 19.9 Å².